The molecule has 2 aromatic heterocycles. The molecule has 1 aliphatic carbocycles. The summed E-state index contributed by atoms with van der Waals surface area (Å²) < 4.78 is 0. The van der Waals surface area contributed by atoms with Crippen LogP contribution >= 0.6 is 0 Å². The van der Waals surface area contributed by atoms with E-state index in [0.29, 0.717) is 17.6 Å². The maximum absolute atomic E-state index is 9.04. The predicted octanol–water partition coefficient (Wildman–Crippen LogP) is 2.64. The van der Waals surface area contributed by atoms with E-state index in [4.69, 9.17) is 15.2 Å². The molecule has 2 fully saturated rings. The van der Waals surface area contributed by atoms with Crippen LogP contribution in [0.2, 0.25) is 0 Å². The molecule has 1 saturated heterocycles. The number of rotatable bonds is 3. The van der Waals surface area contributed by atoms with Gasteiger partial charge >= 0.3 is 0 Å². The highest BCUT2D eigenvalue weighted by Gasteiger charge is 2.30. The Morgan fingerprint density at radius 1 is 1.04 bits per heavy atom. The molecule has 0 bridgehead atoms. The van der Waals surface area contributed by atoms with Gasteiger partial charge in [0.15, 0.2) is 0 Å². The highest BCUT2D eigenvalue weighted by atomic mass is 15.3. The van der Waals surface area contributed by atoms with Crippen molar-refractivity contribution in [3.63, 3.8) is 0 Å². The van der Waals surface area contributed by atoms with Gasteiger partial charge in [-0.15, -0.1) is 0 Å². The fourth-order valence-corrected chi connectivity index (χ4v) is 3.22. The van der Waals surface area contributed by atoms with Gasteiger partial charge in [0.25, 0.3) is 0 Å². The van der Waals surface area contributed by atoms with Gasteiger partial charge in [0, 0.05) is 49.8 Å². The number of nitriles is 1. The first kappa shape index (κ1) is 17.7. The second kappa shape index (κ2) is 6.76. The first-order valence-corrected chi connectivity index (χ1v) is 9.56. The average molecular weight is 363 g/mol. The number of aromatic nitrogens is 4. The van der Waals surface area contributed by atoms with Crippen LogP contribution in [0.25, 0.3) is 0 Å². The van der Waals surface area contributed by atoms with Crippen molar-refractivity contribution in [1.82, 2.24) is 19.9 Å². The third-order valence-electron chi connectivity index (χ3n) is 5.08. The molecule has 140 valence electrons. The lowest BCUT2D eigenvalue weighted by Crippen LogP contribution is -2.47. The van der Waals surface area contributed by atoms with Crippen molar-refractivity contribution in [3.8, 4) is 6.07 Å². The minimum absolute atomic E-state index is 0.00866. The van der Waals surface area contributed by atoms with E-state index in [0.717, 1.165) is 43.5 Å². The molecule has 3 heterocycles. The summed E-state index contributed by atoms with van der Waals surface area (Å²) in [6, 6.07) is 5.86. The van der Waals surface area contributed by atoms with Crippen LogP contribution in [0.3, 0.4) is 0 Å². The Balaban J connectivity index is 1.52. The first-order chi connectivity index (χ1) is 12.9. The van der Waals surface area contributed by atoms with Crippen molar-refractivity contribution in [2.75, 3.05) is 36.0 Å². The average Bonchev–Trinajstić information content (AvgIpc) is 3.52. The summed E-state index contributed by atoms with van der Waals surface area (Å²) in [7, 11) is 0. The number of hydrogen-bond donors (Lipinski definition) is 0. The van der Waals surface area contributed by atoms with Gasteiger partial charge in [0.2, 0.25) is 5.95 Å². The van der Waals surface area contributed by atoms with Crippen molar-refractivity contribution >= 4 is 11.8 Å². The van der Waals surface area contributed by atoms with Gasteiger partial charge in [0.1, 0.15) is 23.4 Å². The zero-order valence-electron chi connectivity index (χ0n) is 16.2. The molecule has 1 aliphatic heterocycles. The van der Waals surface area contributed by atoms with Gasteiger partial charge in [-0.05, 0) is 18.9 Å². The van der Waals surface area contributed by atoms with Gasteiger partial charge in [0.05, 0.1) is 5.69 Å². The molecule has 27 heavy (non-hydrogen) atoms. The van der Waals surface area contributed by atoms with Gasteiger partial charge in [-0.3, -0.25) is 0 Å². The van der Waals surface area contributed by atoms with Gasteiger partial charge in [-0.2, -0.15) is 5.26 Å². The third-order valence-corrected chi connectivity index (χ3v) is 5.08. The zero-order chi connectivity index (χ0) is 19.0. The van der Waals surface area contributed by atoms with Crippen LogP contribution in [0.15, 0.2) is 18.3 Å². The lowest BCUT2D eigenvalue weighted by Gasteiger charge is -2.36. The van der Waals surface area contributed by atoms with E-state index in [2.05, 4.69) is 52.7 Å². The van der Waals surface area contributed by atoms with Crippen LogP contribution in [0.1, 0.15) is 56.7 Å². The van der Waals surface area contributed by atoms with Crippen LogP contribution in [0.5, 0.6) is 0 Å². The lowest BCUT2D eigenvalue weighted by molar-refractivity contribution is 0.559. The van der Waals surface area contributed by atoms with Crippen molar-refractivity contribution in [2.24, 2.45) is 0 Å². The maximum Gasteiger partial charge on any atom is 0.226 e. The van der Waals surface area contributed by atoms with Gasteiger partial charge < -0.3 is 9.80 Å². The Bertz CT molecular complexity index is 869. The fourth-order valence-electron chi connectivity index (χ4n) is 3.22. The molecule has 0 atom stereocenters. The Kier molecular flexibility index (Phi) is 4.42. The van der Waals surface area contributed by atoms with Crippen molar-refractivity contribution < 1.29 is 0 Å². The van der Waals surface area contributed by atoms with E-state index in [1.165, 1.54) is 12.8 Å². The largest absolute Gasteiger partial charge is 0.353 e. The predicted molar refractivity (Wildman–Crippen MR) is 104 cm³/mol. The summed E-state index contributed by atoms with van der Waals surface area (Å²) in [5, 5.41) is 9.04. The molecule has 0 spiro atoms. The molecule has 2 aliphatic rings. The van der Waals surface area contributed by atoms with Gasteiger partial charge in [-0.1, -0.05) is 20.8 Å². The minimum atomic E-state index is 0.00866. The molecular formula is C20H25N7. The number of nitrogens with zero attached hydrogens (tertiary/aromatic N) is 7. The number of piperazine rings is 1. The Morgan fingerprint density at radius 2 is 1.74 bits per heavy atom. The summed E-state index contributed by atoms with van der Waals surface area (Å²) >= 11 is 0. The van der Waals surface area contributed by atoms with E-state index < -0.39 is 0 Å². The first-order valence-electron chi connectivity index (χ1n) is 9.56. The standard InChI is InChI=1S/C20H25N7/c1-20(2,3)16-12-17(25-18(24-16)14-4-5-14)26-8-10-27(11-9-26)19-22-7-6-15(13-21)23-19/h6-7,12,14H,4-5,8-11H2,1-3H3. The van der Waals surface area contributed by atoms with Crippen LogP contribution < -0.4 is 9.80 Å². The molecule has 1 saturated carbocycles. The van der Waals surface area contributed by atoms with Crippen molar-refractivity contribution in [1.29, 1.82) is 5.26 Å². The lowest BCUT2D eigenvalue weighted by atomic mass is 9.91. The zero-order valence-corrected chi connectivity index (χ0v) is 16.2. The van der Waals surface area contributed by atoms with Crippen molar-refractivity contribution in [3.05, 3.63) is 35.5 Å². The molecule has 0 radical (unpaired) electrons. The fraction of sp³-hybridized carbons (Fsp3) is 0.550. The molecule has 7 nitrogen and oxygen atoms in total. The quantitative estimate of drug-likeness (QED) is 0.829. The highest BCUT2D eigenvalue weighted by Crippen LogP contribution is 2.39. The summed E-state index contributed by atoms with van der Waals surface area (Å²) in [5.41, 5.74) is 1.53. The molecule has 0 amide bonds. The monoisotopic (exact) mass is 363 g/mol. The minimum Gasteiger partial charge on any atom is -0.353 e. The smallest absolute Gasteiger partial charge is 0.226 e. The Labute approximate surface area is 160 Å². The topological polar surface area (TPSA) is 81.8 Å². The molecule has 7 heteroatoms. The molecule has 2 aromatic rings. The van der Waals surface area contributed by atoms with Crippen LogP contribution in [0, 0.1) is 11.3 Å². The third kappa shape index (κ3) is 3.85. The summed E-state index contributed by atoms with van der Waals surface area (Å²) in [6.45, 7) is 9.93. The van der Waals surface area contributed by atoms with Crippen LogP contribution in [0.4, 0.5) is 11.8 Å². The highest BCUT2D eigenvalue weighted by molar-refractivity contribution is 5.45. The van der Waals surface area contributed by atoms with E-state index in [-0.39, 0.29) is 5.41 Å². The molecule has 4 rings (SSSR count). The normalized spacial score (nSPS) is 17.7. The SMILES string of the molecule is CC(C)(C)c1cc(N2CCN(c3nccc(C#N)n3)CC2)nc(C2CC2)n1. The summed E-state index contributed by atoms with van der Waals surface area (Å²) in [4.78, 5) is 22.8. The molecule has 0 N–H and O–H groups in total. The van der Waals surface area contributed by atoms with Crippen LogP contribution in [-0.2, 0) is 5.41 Å². The Morgan fingerprint density at radius 3 is 2.37 bits per heavy atom. The Hall–Kier alpha value is -2.75. The van der Waals surface area contributed by atoms with Gasteiger partial charge in [-0.25, -0.2) is 19.9 Å². The van der Waals surface area contributed by atoms with Crippen molar-refractivity contribution in [2.45, 2.75) is 44.9 Å². The second-order valence-electron chi connectivity index (χ2n) is 8.32. The molecular weight excluding hydrogens is 338 g/mol. The van der Waals surface area contributed by atoms with E-state index in [9.17, 15) is 0 Å². The summed E-state index contributed by atoms with van der Waals surface area (Å²) in [5.74, 6) is 3.20. The maximum atomic E-state index is 9.04. The second-order valence-corrected chi connectivity index (χ2v) is 8.32. The van der Waals surface area contributed by atoms with E-state index in [1.807, 2.05) is 0 Å². The van der Waals surface area contributed by atoms with E-state index >= 15 is 0 Å². The number of hydrogen-bond acceptors (Lipinski definition) is 7. The molecule has 0 unspecified atom stereocenters. The summed E-state index contributed by atoms with van der Waals surface area (Å²) in [6.07, 6.45) is 4.05. The number of anilines is 2. The van der Waals surface area contributed by atoms with E-state index in [1.54, 1.807) is 12.3 Å². The van der Waals surface area contributed by atoms with Crippen LogP contribution in [-0.4, -0.2) is 46.1 Å². The molecule has 0 aromatic carbocycles.